The average molecular weight is 535 g/mol. The van der Waals surface area contributed by atoms with Crippen molar-refractivity contribution in [3.05, 3.63) is 76.3 Å². The molecule has 1 saturated heterocycles. The lowest BCUT2D eigenvalue weighted by molar-refractivity contribution is -0.214. The SMILES string of the molecule is Nc1nc2c(ncn2[C@@H]2O[C@H](CO)[C@@H](O)[C@H](O)[C@H]2NC(=O)OCC2c3ccccc3-c3ccccc32)c(=O)[nH]1. The average Bonchev–Trinajstić information content (AvgIpc) is 3.50. The van der Waals surface area contributed by atoms with Crippen molar-refractivity contribution in [3.63, 3.8) is 0 Å². The molecule has 39 heavy (non-hydrogen) atoms. The number of aliphatic hydroxyl groups excluding tert-OH is 3. The van der Waals surface area contributed by atoms with Crippen LogP contribution >= 0.6 is 0 Å². The van der Waals surface area contributed by atoms with Crippen molar-refractivity contribution in [1.82, 2.24) is 24.8 Å². The first-order chi connectivity index (χ1) is 18.9. The van der Waals surface area contributed by atoms with Crippen molar-refractivity contribution in [1.29, 1.82) is 0 Å². The first kappa shape index (κ1) is 25.0. The molecule has 0 spiro atoms. The van der Waals surface area contributed by atoms with Gasteiger partial charge in [-0.15, -0.1) is 0 Å². The molecule has 1 aliphatic carbocycles. The number of nitrogens with one attached hydrogen (secondary N) is 2. The van der Waals surface area contributed by atoms with Gasteiger partial charge in [0.1, 0.15) is 31.0 Å². The maximum absolute atomic E-state index is 13.0. The number of nitrogen functional groups attached to an aromatic ring is 1. The Balaban J connectivity index is 1.26. The van der Waals surface area contributed by atoms with Crippen LogP contribution in [0.25, 0.3) is 22.3 Å². The molecule has 6 rings (SSSR count). The second kappa shape index (κ2) is 9.78. The monoisotopic (exact) mass is 534 g/mol. The lowest BCUT2D eigenvalue weighted by atomic mass is 9.96. The summed E-state index contributed by atoms with van der Waals surface area (Å²) in [5, 5.41) is 33.7. The molecule has 2 aromatic carbocycles. The predicted molar refractivity (Wildman–Crippen MR) is 138 cm³/mol. The van der Waals surface area contributed by atoms with Gasteiger partial charge in [-0.2, -0.15) is 4.98 Å². The lowest BCUT2D eigenvalue weighted by Crippen LogP contribution is -2.62. The number of aromatic amines is 1. The fourth-order valence-electron chi connectivity index (χ4n) is 5.40. The van der Waals surface area contributed by atoms with E-state index in [1.807, 2.05) is 48.5 Å². The third kappa shape index (κ3) is 4.21. The van der Waals surface area contributed by atoms with Crippen LogP contribution in [0.1, 0.15) is 23.3 Å². The van der Waals surface area contributed by atoms with Crippen molar-refractivity contribution in [2.45, 2.75) is 36.5 Å². The molecule has 0 unspecified atom stereocenters. The highest BCUT2D eigenvalue weighted by Crippen LogP contribution is 2.44. The van der Waals surface area contributed by atoms with Gasteiger partial charge < -0.3 is 35.8 Å². The number of nitrogens with two attached hydrogens (primary N) is 1. The van der Waals surface area contributed by atoms with E-state index in [0.29, 0.717) is 0 Å². The third-order valence-corrected chi connectivity index (χ3v) is 7.25. The lowest BCUT2D eigenvalue weighted by Gasteiger charge is -2.42. The van der Waals surface area contributed by atoms with Gasteiger partial charge in [-0.05, 0) is 22.3 Å². The summed E-state index contributed by atoms with van der Waals surface area (Å²) in [6.07, 6.45) is -5.14. The minimum Gasteiger partial charge on any atom is -0.449 e. The summed E-state index contributed by atoms with van der Waals surface area (Å²) < 4.78 is 12.7. The van der Waals surface area contributed by atoms with Crippen LogP contribution in [-0.4, -0.2) is 78.5 Å². The summed E-state index contributed by atoms with van der Waals surface area (Å²) in [4.78, 5) is 35.8. The van der Waals surface area contributed by atoms with E-state index >= 15 is 0 Å². The number of rotatable bonds is 5. The van der Waals surface area contributed by atoms with Crippen LogP contribution in [0, 0.1) is 0 Å². The number of hydrogen-bond acceptors (Lipinski definition) is 10. The Labute approximate surface area is 220 Å². The molecular formula is C26H26N6O7. The maximum atomic E-state index is 13.0. The van der Waals surface area contributed by atoms with Gasteiger partial charge in [0.05, 0.1) is 12.9 Å². The zero-order chi connectivity index (χ0) is 27.3. The number of benzene rings is 2. The highest BCUT2D eigenvalue weighted by Gasteiger charge is 2.46. The molecular weight excluding hydrogens is 508 g/mol. The van der Waals surface area contributed by atoms with E-state index in [9.17, 15) is 24.9 Å². The van der Waals surface area contributed by atoms with E-state index in [0.717, 1.165) is 22.3 Å². The Morgan fingerprint density at radius 1 is 1.10 bits per heavy atom. The van der Waals surface area contributed by atoms with Gasteiger partial charge >= 0.3 is 6.09 Å². The number of H-pyrrole nitrogens is 1. The number of fused-ring (bicyclic) bond motifs is 4. The smallest absolute Gasteiger partial charge is 0.407 e. The molecule has 2 aliphatic rings. The standard InChI is InChI=1S/C26H26N6O7/c27-25-30-22-19(23(36)31-25)28-11-32(22)24-18(21(35)20(34)17(9-33)39-24)29-26(37)38-10-16-14-7-3-1-5-12(14)13-6-2-4-8-15(13)16/h1-8,11,16-18,20-21,24,33-35H,9-10H2,(H,29,37)(H3,27,30,31,36)/t17-,18-,20-,21-,24-/m1/s1. The molecule has 202 valence electrons. The molecule has 3 heterocycles. The van der Waals surface area contributed by atoms with Crippen LogP contribution in [0.4, 0.5) is 10.7 Å². The van der Waals surface area contributed by atoms with Gasteiger partial charge in [0.15, 0.2) is 17.4 Å². The molecule has 7 N–H and O–H groups in total. The van der Waals surface area contributed by atoms with Gasteiger partial charge in [-0.3, -0.25) is 14.3 Å². The molecule has 1 fully saturated rings. The van der Waals surface area contributed by atoms with Crippen LogP contribution in [-0.2, 0) is 9.47 Å². The van der Waals surface area contributed by atoms with Gasteiger partial charge in [0.25, 0.3) is 5.56 Å². The van der Waals surface area contributed by atoms with Crippen molar-refractivity contribution in [2.75, 3.05) is 18.9 Å². The van der Waals surface area contributed by atoms with Gasteiger partial charge in [-0.1, -0.05) is 48.5 Å². The third-order valence-electron chi connectivity index (χ3n) is 7.25. The Kier molecular flexibility index (Phi) is 6.27. The summed E-state index contributed by atoms with van der Waals surface area (Å²) >= 11 is 0. The number of alkyl carbamates (subject to hydrolysis) is 1. The molecule has 1 aliphatic heterocycles. The summed E-state index contributed by atoms with van der Waals surface area (Å²) in [5.41, 5.74) is 9.30. The summed E-state index contributed by atoms with van der Waals surface area (Å²) in [7, 11) is 0. The van der Waals surface area contributed by atoms with Crippen molar-refractivity contribution in [3.8, 4) is 11.1 Å². The Morgan fingerprint density at radius 3 is 2.44 bits per heavy atom. The van der Waals surface area contributed by atoms with Gasteiger partial charge in [0, 0.05) is 5.92 Å². The number of carbonyl (C=O) groups is 1. The second-order valence-electron chi connectivity index (χ2n) is 9.50. The quantitative estimate of drug-likeness (QED) is 0.206. The van der Waals surface area contributed by atoms with Crippen molar-refractivity contribution < 1.29 is 29.6 Å². The van der Waals surface area contributed by atoms with Gasteiger partial charge in [-0.25, -0.2) is 9.78 Å². The molecule has 0 bridgehead atoms. The fraction of sp³-hybridized carbons (Fsp3) is 0.308. The molecule has 1 amide bonds. The number of aliphatic hydroxyl groups is 3. The van der Waals surface area contributed by atoms with E-state index in [1.54, 1.807) is 0 Å². The Hall–Kier alpha value is -4.30. The first-order valence-electron chi connectivity index (χ1n) is 12.3. The molecule has 5 atom stereocenters. The van der Waals surface area contributed by atoms with E-state index in [1.165, 1.54) is 10.9 Å². The minimum atomic E-state index is -1.57. The van der Waals surface area contributed by atoms with Crippen LogP contribution in [0.5, 0.6) is 0 Å². The molecule has 0 saturated carbocycles. The largest absolute Gasteiger partial charge is 0.449 e. The number of nitrogens with zero attached hydrogens (tertiary/aromatic N) is 3. The summed E-state index contributed by atoms with van der Waals surface area (Å²) in [6.45, 7) is -0.591. The predicted octanol–water partition coefficient (Wildman–Crippen LogP) is 0.221. The highest BCUT2D eigenvalue weighted by atomic mass is 16.6. The van der Waals surface area contributed by atoms with Crippen LogP contribution in [0.2, 0.25) is 0 Å². The van der Waals surface area contributed by atoms with Crippen molar-refractivity contribution in [2.24, 2.45) is 0 Å². The molecule has 13 nitrogen and oxygen atoms in total. The number of carbonyl (C=O) groups excluding carboxylic acids is 1. The maximum Gasteiger partial charge on any atom is 0.407 e. The Morgan fingerprint density at radius 2 is 1.77 bits per heavy atom. The van der Waals surface area contributed by atoms with Crippen molar-refractivity contribution >= 4 is 23.2 Å². The highest BCUT2D eigenvalue weighted by molar-refractivity contribution is 5.79. The number of anilines is 1. The number of hydrogen-bond donors (Lipinski definition) is 6. The van der Waals surface area contributed by atoms with E-state index in [2.05, 4.69) is 20.3 Å². The van der Waals surface area contributed by atoms with E-state index in [-0.39, 0.29) is 29.6 Å². The number of ether oxygens (including phenoxy) is 2. The molecule has 0 radical (unpaired) electrons. The van der Waals surface area contributed by atoms with Gasteiger partial charge in [0.2, 0.25) is 5.95 Å². The second-order valence-corrected chi connectivity index (χ2v) is 9.50. The zero-order valence-corrected chi connectivity index (χ0v) is 20.5. The fourth-order valence-corrected chi connectivity index (χ4v) is 5.40. The van der Waals surface area contributed by atoms with Crippen LogP contribution < -0.4 is 16.6 Å². The normalized spacial score (nSPS) is 24.3. The molecule has 2 aromatic heterocycles. The zero-order valence-electron chi connectivity index (χ0n) is 20.5. The van der Waals surface area contributed by atoms with E-state index in [4.69, 9.17) is 15.2 Å². The molecule has 4 aromatic rings. The number of imidazole rings is 1. The topological polar surface area (TPSA) is 198 Å². The first-order valence-corrected chi connectivity index (χ1v) is 12.3. The number of amides is 1. The Bertz CT molecular complexity index is 1560. The van der Waals surface area contributed by atoms with Crippen LogP contribution in [0.15, 0.2) is 59.7 Å². The van der Waals surface area contributed by atoms with E-state index < -0.39 is 48.8 Å². The summed E-state index contributed by atoms with van der Waals surface area (Å²) in [6, 6.07) is 14.5. The molecule has 13 heteroatoms. The summed E-state index contributed by atoms with van der Waals surface area (Å²) in [5.74, 6) is -0.363. The minimum absolute atomic E-state index is 0.0253. The van der Waals surface area contributed by atoms with Crippen LogP contribution in [0.3, 0.4) is 0 Å². The number of aromatic nitrogens is 4.